The smallest absolute Gasteiger partial charge is 0.554 e. The van der Waals surface area contributed by atoms with Crippen LogP contribution < -0.4 is 4.74 Å². The Morgan fingerprint density at radius 1 is 0.939 bits per heavy atom. The largest absolute Gasteiger partial charge is 2.00 e. The second-order valence-electron chi connectivity index (χ2n) is 10.1. The maximum atomic E-state index is 12.3. The molecule has 2 aliphatic carbocycles. The van der Waals surface area contributed by atoms with Crippen LogP contribution in [0.4, 0.5) is 8.78 Å². The van der Waals surface area contributed by atoms with Gasteiger partial charge in [0, 0.05) is 0 Å². The van der Waals surface area contributed by atoms with Crippen molar-refractivity contribution >= 4 is 0 Å². The van der Waals surface area contributed by atoms with Crippen LogP contribution in [0.25, 0.3) is 0 Å². The van der Waals surface area contributed by atoms with Gasteiger partial charge in [0.2, 0.25) is 0 Å². The van der Waals surface area contributed by atoms with E-state index in [2.05, 4.69) is 18.6 Å². The number of rotatable bonds is 12. The Kier molecular flexibility index (Phi) is 13.9. The van der Waals surface area contributed by atoms with E-state index in [4.69, 9.17) is 4.74 Å². The number of halogens is 2. The Bertz CT molecular complexity index is 623. The Morgan fingerprint density at radius 2 is 1.55 bits per heavy atom. The van der Waals surface area contributed by atoms with Crippen molar-refractivity contribution in [3.05, 3.63) is 43.4 Å². The van der Waals surface area contributed by atoms with Gasteiger partial charge in [-0.2, -0.15) is 15.2 Å². The van der Waals surface area contributed by atoms with Gasteiger partial charge in [0.1, 0.15) is 5.75 Å². The molecular weight excluding hydrogens is 644 g/mol. The van der Waals surface area contributed by atoms with E-state index >= 15 is 0 Å². The average molecular weight is 687 g/mol. The summed E-state index contributed by atoms with van der Waals surface area (Å²) in [5.74, 6) is 3.64. The van der Waals surface area contributed by atoms with Crippen molar-refractivity contribution in [2.45, 2.75) is 96.5 Å². The first-order valence-corrected chi connectivity index (χ1v) is 12.9. The fourth-order valence-corrected chi connectivity index (χ4v) is 5.78. The summed E-state index contributed by atoms with van der Waals surface area (Å²) in [7, 11) is 0. The molecule has 2 aliphatic rings. The van der Waals surface area contributed by atoms with Crippen LogP contribution in [-0.4, -0.2) is 13.2 Å². The second-order valence-corrected chi connectivity index (χ2v) is 10.1. The van der Waals surface area contributed by atoms with Crippen LogP contribution in [0.5, 0.6) is 5.75 Å². The molecule has 2 fully saturated rings. The summed E-state index contributed by atoms with van der Waals surface area (Å²) >= 11 is 0. The van der Waals surface area contributed by atoms with Crippen molar-refractivity contribution in [2.75, 3.05) is 6.61 Å². The zero-order chi connectivity index (χ0) is 22.8. The molecule has 0 amide bonds. The number of ether oxygens (including phenoxy) is 2. The summed E-state index contributed by atoms with van der Waals surface area (Å²) in [6, 6.07) is 7.20. The summed E-state index contributed by atoms with van der Waals surface area (Å²) in [5.41, 5.74) is 1.24. The molecule has 5 heteroatoms. The maximum Gasteiger partial charge on any atom is 2.00 e. The van der Waals surface area contributed by atoms with Crippen LogP contribution in [0.2, 0.25) is 0 Å². The predicted octanol–water partition coefficient (Wildman–Crippen LogP) is 8.58. The van der Waals surface area contributed by atoms with E-state index in [0.29, 0.717) is 11.8 Å². The Labute approximate surface area is 224 Å². The molecule has 0 bridgehead atoms. The molecule has 1 aromatic rings. The SMILES string of the molecule is [CH2-]C(CO[CH-]CCC1CCC(c2ccc(OC(F)F)cc2)CC1)C1CCC(CCC)CC1.[U+2]. The Hall–Kier alpha value is -0.108. The van der Waals surface area contributed by atoms with Crippen LogP contribution in [0.15, 0.2) is 24.3 Å². The molecule has 0 saturated heterocycles. The number of hydrogen-bond donors (Lipinski definition) is 0. The molecule has 0 aromatic heterocycles. The van der Waals surface area contributed by atoms with Crippen LogP contribution in [0.3, 0.4) is 0 Å². The summed E-state index contributed by atoms with van der Waals surface area (Å²) in [6.45, 7) is 6.70. The monoisotopic (exact) mass is 686 g/mol. The van der Waals surface area contributed by atoms with E-state index in [1.165, 1.54) is 76.2 Å². The van der Waals surface area contributed by atoms with Crippen LogP contribution in [-0.2, 0) is 4.74 Å². The van der Waals surface area contributed by atoms with Gasteiger partial charge in [0.15, 0.2) is 0 Å². The van der Waals surface area contributed by atoms with Crippen LogP contribution in [0.1, 0.15) is 95.5 Å². The van der Waals surface area contributed by atoms with Gasteiger partial charge in [0.05, 0.1) is 0 Å². The summed E-state index contributed by atoms with van der Waals surface area (Å²) in [4.78, 5) is 0. The van der Waals surface area contributed by atoms with Crippen molar-refractivity contribution in [3.8, 4) is 5.75 Å². The topological polar surface area (TPSA) is 18.5 Å². The molecule has 0 spiro atoms. The van der Waals surface area contributed by atoms with Crippen molar-refractivity contribution in [1.29, 1.82) is 0 Å². The van der Waals surface area contributed by atoms with Crippen molar-refractivity contribution in [2.24, 2.45) is 23.7 Å². The van der Waals surface area contributed by atoms with Gasteiger partial charge in [-0.05, 0) is 67.7 Å². The molecule has 0 aliphatic heterocycles. The first kappa shape index (κ1) is 29.1. The molecule has 0 N–H and O–H groups in total. The average Bonchev–Trinajstić information content (AvgIpc) is 2.80. The molecule has 1 aromatic carbocycles. The fraction of sp³-hybridized carbons (Fsp3) is 0.714. The minimum atomic E-state index is -2.76. The minimum Gasteiger partial charge on any atom is -0.554 e. The molecule has 1 atom stereocenters. The third kappa shape index (κ3) is 10.2. The maximum absolute atomic E-state index is 12.3. The normalized spacial score (nSPS) is 26.6. The molecule has 0 heterocycles. The predicted molar refractivity (Wildman–Crippen MR) is 126 cm³/mol. The summed E-state index contributed by atoms with van der Waals surface area (Å²) < 4.78 is 34.9. The van der Waals surface area contributed by atoms with Crippen molar-refractivity contribution in [1.82, 2.24) is 0 Å². The van der Waals surface area contributed by atoms with E-state index in [0.717, 1.165) is 30.8 Å². The van der Waals surface area contributed by atoms with Crippen molar-refractivity contribution in [3.63, 3.8) is 0 Å². The Morgan fingerprint density at radius 3 is 2.15 bits per heavy atom. The first-order valence-electron chi connectivity index (χ1n) is 12.9. The first-order chi connectivity index (χ1) is 15.5. The zero-order valence-corrected chi connectivity index (χ0v) is 24.5. The van der Waals surface area contributed by atoms with E-state index < -0.39 is 6.61 Å². The van der Waals surface area contributed by atoms with E-state index in [1.807, 2.05) is 18.7 Å². The zero-order valence-electron chi connectivity index (χ0n) is 20.3. The molecule has 33 heavy (non-hydrogen) atoms. The molecule has 2 nitrogen and oxygen atoms in total. The quantitative estimate of drug-likeness (QED) is 0.162. The standard InChI is InChI=1S/C28H42F2O2.U/c1-3-5-22-7-11-24(12-8-22)21(2)20-31-19-4-6-23-9-13-25(14-10-23)26-15-17-27(18-16-26)32-28(29)30;/h15-19,21-25,28H,2-14,20H2,1H3;/q-2;+2. The molecule has 0 radical (unpaired) electrons. The molecule has 2 saturated carbocycles. The minimum absolute atomic E-state index is 0. The number of hydrogen-bond acceptors (Lipinski definition) is 2. The number of benzene rings is 1. The van der Waals surface area contributed by atoms with Gasteiger partial charge >= 0.3 is 37.7 Å². The summed E-state index contributed by atoms with van der Waals surface area (Å²) in [6.07, 6.45) is 15.1. The molecular formula is C28H42F2O2U. The third-order valence-electron chi connectivity index (χ3n) is 7.80. The Balaban J connectivity index is 0.00000385. The fourth-order valence-electron chi connectivity index (χ4n) is 5.78. The van der Waals surface area contributed by atoms with Gasteiger partial charge in [-0.3, -0.25) is 0 Å². The van der Waals surface area contributed by atoms with Crippen LogP contribution in [0, 0.1) is 68.3 Å². The second kappa shape index (κ2) is 15.8. The van der Waals surface area contributed by atoms with Crippen molar-refractivity contribution < 1.29 is 49.4 Å². The van der Waals surface area contributed by atoms with E-state index in [1.54, 1.807) is 12.1 Å². The summed E-state index contributed by atoms with van der Waals surface area (Å²) in [5, 5.41) is 0. The van der Waals surface area contributed by atoms with Crippen LogP contribution >= 0.6 is 0 Å². The molecule has 184 valence electrons. The molecule has 1 unspecified atom stereocenters. The van der Waals surface area contributed by atoms with Gasteiger partial charge in [-0.15, -0.1) is 5.92 Å². The van der Waals surface area contributed by atoms with E-state index in [-0.39, 0.29) is 36.9 Å². The molecule has 3 rings (SSSR count). The third-order valence-corrected chi connectivity index (χ3v) is 7.80. The van der Waals surface area contributed by atoms with Gasteiger partial charge in [-0.1, -0.05) is 69.9 Å². The van der Waals surface area contributed by atoms with E-state index in [9.17, 15) is 8.78 Å². The number of alkyl halides is 2. The van der Waals surface area contributed by atoms with Gasteiger partial charge in [0.25, 0.3) is 0 Å². The van der Waals surface area contributed by atoms with Gasteiger partial charge in [-0.25, -0.2) is 6.61 Å². The van der Waals surface area contributed by atoms with Gasteiger partial charge < -0.3 is 16.4 Å².